The fraction of sp³-hybridized carbons (Fsp3) is 0.333. The van der Waals surface area contributed by atoms with E-state index in [4.69, 9.17) is 15.2 Å². The van der Waals surface area contributed by atoms with Crippen LogP contribution in [0.15, 0.2) is 12.1 Å². The van der Waals surface area contributed by atoms with Gasteiger partial charge < -0.3 is 15.2 Å². The third kappa shape index (κ3) is 2.56. The number of anilines is 1. The summed E-state index contributed by atoms with van der Waals surface area (Å²) in [7, 11) is 1.49. The molecule has 0 aliphatic heterocycles. The molecule has 0 saturated carbocycles. The maximum atomic E-state index is 13.0. The van der Waals surface area contributed by atoms with E-state index in [2.05, 4.69) is 0 Å². The van der Waals surface area contributed by atoms with Crippen LogP contribution in [0.5, 0.6) is 5.75 Å². The van der Waals surface area contributed by atoms with Gasteiger partial charge in [-0.05, 0) is 0 Å². The number of hydrogen-bond acceptors (Lipinski definition) is 3. The van der Waals surface area contributed by atoms with Gasteiger partial charge in [0.15, 0.2) is 11.6 Å². The van der Waals surface area contributed by atoms with E-state index >= 15 is 0 Å². The van der Waals surface area contributed by atoms with Gasteiger partial charge in [-0.1, -0.05) is 0 Å². The summed E-state index contributed by atoms with van der Waals surface area (Å²) in [4.78, 5) is 0. The van der Waals surface area contributed by atoms with Gasteiger partial charge in [-0.2, -0.15) is 0 Å². The lowest BCUT2D eigenvalue weighted by Gasteiger charge is -2.07. The van der Waals surface area contributed by atoms with Crippen LogP contribution in [-0.2, 0) is 4.74 Å². The van der Waals surface area contributed by atoms with Crippen molar-refractivity contribution >= 4 is 5.69 Å². The van der Waals surface area contributed by atoms with Gasteiger partial charge in [-0.25, -0.2) is 8.78 Å². The van der Waals surface area contributed by atoms with Crippen LogP contribution in [0.1, 0.15) is 0 Å². The lowest BCUT2D eigenvalue weighted by Crippen LogP contribution is -2.06. The van der Waals surface area contributed by atoms with E-state index in [1.54, 1.807) is 0 Å². The van der Waals surface area contributed by atoms with Crippen molar-refractivity contribution in [1.29, 1.82) is 0 Å². The van der Waals surface area contributed by atoms with Crippen LogP contribution in [0.25, 0.3) is 0 Å². The van der Waals surface area contributed by atoms with Crippen LogP contribution in [0.2, 0.25) is 0 Å². The first-order valence-corrected chi connectivity index (χ1v) is 4.01. The lowest BCUT2D eigenvalue weighted by atomic mass is 10.3. The van der Waals surface area contributed by atoms with Crippen molar-refractivity contribution in [3.8, 4) is 5.75 Å². The van der Waals surface area contributed by atoms with Crippen molar-refractivity contribution in [1.82, 2.24) is 0 Å². The SMILES string of the molecule is COCCOc1cc(F)c(N)cc1F. The molecule has 0 atom stereocenters. The molecule has 0 bridgehead atoms. The molecular formula is C9H11F2NO2. The van der Waals surface area contributed by atoms with E-state index in [0.29, 0.717) is 6.61 Å². The van der Waals surface area contributed by atoms with Crippen LogP contribution >= 0.6 is 0 Å². The molecule has 14 heavy (non-hydrogen) atoms. The summed E-state index contributed by atoms with van der Waals surface area (Å²) in [6, 6.07) is 1.80. The molecule has 1 aromatic rings. The predicted molar refractivity (Wildman–Crippen MR) is 48.1 cm³/mol. The average molecular weight is 203 g/mol. The molecule has 2 N–H and O–H groups in total. The smallest absolute Gasteiger partial charge is 0.167 e. The fourth-order valence-electron chi connectivity index (χ4n) is 0.890. The standard InChI is InChI=1S/C9H11F2NO2/c1-13-2-3-14-9-5-6(10)8(12)4-7(9)11/h4-5H,2-3,12H2,1H3. The molecule has 0 aromatic heterocycles. The third-order valence-electron chi connectivity index (χ3n) is 1.60. The Labute approximate surface area is 80.4 Å². The van der Waals surface area contributed by atoms with Crippen molar-refractivity contribution in [3.05, 3.63) is 23.8 Å². The van der Waals surface area contributed by atoms with E-state index in [0.717, 1.165) is 12.1 Å². The highest BCUT2D eigenvalue weighted by molar-refractivity contribution is 5.44. The molecule has 0 aliphatic carbocycles. The summed E-state index contributed by atoms with van der Waals surface area (Å²) in [6.45, 7) is 0.474. The third-order valence-corrected chi connectivity index (χ3v) is 1.60. The minimum absolute atomic E-state index is 0.159. The van der Waals surface area contributed by atoms with E-state index in [1.807, 2.05) is 0 Å². The molecule has 0 fully saturated rings. The molecule has 0 spiro atoms. The predicted octanol–water partition coefficient (Wildman–Crippen LogP) is 1.57. The Kier molecular flexibility index (Phi) is 3.64. The quantitative estimate of drug-likeness (QED) is 0.596. The van der Waals surface area contributed by atoms with Crippen LogP contribution in [-0.4, -0.2) is 20.3 Å². The van der Waals surface area contributed by atoms with Gasteiger partial charge in [0.2, 0.25) is 0 Å². The molecule has 78 valence electrons. The van der Waals surface area contributed by atoms with Gasteiger partial charge in [-0.3, -0.25) is 0 Å². The van der Waals surface area contributed by atoms with Gasteiger partial charge in [0, 0.05) is 19.2 Å². The Morgan fingerprint density at radius 3 is 2.57 bits per heavy atom. The molecule has 5 heteroatoms. The summed E-state index contributed by atoms with van der Waals surface area (Å²) in [5.41, 5.74) is 4.91. The molecule has 0 aliphatic rings. The zero-order chi connectivity index (χ0) is 10.6. The lowest BCUT2D eigenvalue weighted by molar-refractivity contribution is 0.143. The monoisotopic (exact) mass is 203 g/mol. The molecule has 3 nitrogen and oxygen atoms in total. The average Bonchev–Trinajstić information content (AvgIpc) is 2.14. The topological polar surface area (TPSA) is 44.5 Å². The fourth-order valence-corrected chi connectivity index (χ4v) is 0.890. The van der Waals surface area contributed by atoms with Crippen molar-refractivity contribution < 1.29 is 18.3 Å². The normalized spacial score (nSPS) is 10.2. The number of nitrogens with two attached hydrogens (primary N) is 1. The van der Waals surface area contributed by atoms with E-state index in [9.17, 15) is 8.78 Å². The number of benzene rings is 1. The number of hydrogen-bond donors (Lipinski definition) is 1. The summed E-state index contributed by atoms with van der Waals surface area (Å²) in [5.74, 6) is -1.53. The molecule has 0 heterocycles. The Morgan fingerprint density at radius 2 is 1.93 bits per heavy atom. The first kappa shape index (κ1) is 10.7. The Balaban J connectivity index is 2.72. The number of methoxy groups -OCH3 is 1. The second kappa shape index (κ2) is 4.76. The highest BCUT2D eigenvalue weighted by Gasteiger charge is 2.08. The number of ether oxygens (including phenoxy) is 2. The van der Waals surface area contributed by atoms with Crippen LogP contribution in [0, 0.1) is 11.6 Å². The molecule has 0 saturated heterocycles. The second-order valence-electron chi connectivity index (χ2n) is 2.65. The summed E-state index contributed by atoms with van der Waals surface area (Å²) in [6.07, 6.45) is 0. The molecule has 0 amide bonds. The van der Waals surface area contributed by atoms with Crippen LogP contribution < -0.4 is 10.5 Å². The van der Waals surface area contributed by atoms with Crippen molar-refractivity contribution in [2.45, 2.75) is 0 Å². The minimum Gasteiger partial charge on any atom is -0.488 e. The Hall–Kier alpha value is -1.36. The molecule has 1 rings (SSSR count). The first-order chi connectivity index (χ1) is 6.65. The number of halogens is 2. The highest BCUT2D eigenvalue weighted by atomic mass is 19.1. The zero-order valence-electron chi connectivity index (χ0n) is 7.72. The minimum atomic E-state index is -0.696. The first-order valence-electron chi connectivity index (χ1n) is 4.01. The maximum Gasteiger partial charge on any atom is 0.167 e. The number of nitrogen functional groups attached to an aromatic ring is 1. The van der Waals surface area contributed by atoms with Gasteiger partial charge in [0.1, 0.15) is 12.4 Å². The maximum absolute atomic E-state index is 13.0. The zero-order valence-corrected chi connectivity index (χ0v) is 7.72. The Morgan fingerprint density at radius 1 is 1.21 bits per heavy atom. The molecule has 0 radical (unpaired) electrons. The van der Waals surface area contributed by atoms with E-state index in [1.165, 1.54) is 7.11 Å². The summed E-state index contributed by atoms with van der Waals surface area (Å²) >= 11 is 0. The van der Waals surface area contributed by atoms with E-state index < -0.39 is 11.6 Å². The van der Waals surface area contributed by atoms with E-state index in [-0.39, 0.29) is 18.0 Å². The summed E-state index contributed by atoms with van der Waals surface area (Å²) in [5, 5.41) is 0. The van der Waals surface area contributed by atoms with Gasteiger partial charge in [0.25, 0.3) is 0 Å². The van der Waals surface area contributed by atoms with Gasteiger partial charge in [0.05, 0.1) is 12.3 Å². The van der Waals surface area contributed by atoms with Crippen LogP contribution in [0.3, 0.4) is 0 Å². The van der Waals surface area contributed by atoms with Crippen LogP contribution in [0.4, 0.5) is 14.5 Å². The molecule has 0 unspecified atom stereocenters. The van der Waals surface area contributed by atoms with Crippen molar-refractivity contribution in [2.24, 2.45) is 0 Å². The van der Waals surface area contributed by atoms with Gasteiger partial charge >= 0.3 is 0 Å². The number of rotatable bonds is 4. The van der Waals surface area contributed by atoms with Gasteiger partial charge in [-0.15, -0.1) is 0 Å². The highest BCUT2D eigenvalue weighted by Crippen LogP contribution is 2.22. The van der Waals surface area contributed by atoms with Crippen molar-refractivity contribution in [3.63, 3.8) is 0 Å². The summed E-state index contributed by atoms with van der Waals surface area (Å²) < 4.78 is 35.5. The largest absolute Gasteiger partial charge is 0.488 e. The van der Waals surface area contributed by atoms with Crippen molar-refractivity contribution in [2.75, 3.05) is 26.1 Å². The Bertz CT molecular complexity index is 318. The molecule has 1 aromatic carbocycles. The second-order valence-corrected chi connectivity index (χ2v) is 2.65. The molecular weight excluding hydrogens is 192 g/mol.